The molecule has 0 saturated carbocycles. The number of nitrogens with zero attached hydrogens (tertiary/aromatic N) is 1. The summed E-state index contributed by atoms with van der Waals surface area (Å²) in [5.74, 6) is 0.925. The average Bonchev–Trinajstić information content (AvgIpc) is 2.47. The minimum atomic E-state index is 0.683. The maximum absolute atomic E-state index is 5.19. The molecule has 1 atom stereocenters. The lowest BCUT2D eigenvalue weighted by Crippen LogP contribution is -3.19. The number of rotatable bonds is 4. The Labute approximate surface area is 109 Å². The van der Waals surface area contributed by atoms with Crippen molar-refractivity contribution in [2.24, 2.45) is 0 Å². The highest BCUT2D eigenvalue weighted by Gasteiger charge is 2.24. The minimum Gasteiger partial charge on any atom is -0.497 e. The Hall–Kier alpha value is -1.26. The lowest BCUT2D eigenvalue weighted by atomic mass is 10.2. The van der Waals surface area contributed by atoms with Gasteiger partial charge in [0.05, 0.1) is 33.3 Å². The molecule has 0 radical (unpaired) electrons. The Bertz CT molecular complexity index is 358. The summed E-state index contributed by atoms with van der Waals surface area (Å²) < 4.78 is 5.19. The van der Waals surface area contributed by atoms with Gasteiger partial charge in [0.2, 0.25) is 0 Å². The van der Waals surface area contributed by atoms with Gasteiger partial charge in [-0.1, -0.05) is 0 Å². The van der Waals surface area contributed by atoms with Gasteiger partial charge >= 0.3 is 0 Å². The molecule has 1 saturated heterocycles. The van der Waals surface area contributed by atoms with Gasteiger partial charge in [-0.25, -0.2) is 0 Å². The smallest absolute Gasteiger partial charge is 0.134 e. The fraction of sp³-hybridized carbons (Fsp3) is 0.571. The van der Waals surface area contributed by atoms with Crippen LogP contribution in [0.15, 0.2) is 24.3 Å². The van der Waals surface area contributed by atoms with Crippen LogP contribution in [0.5, 0.6) is 5.75 Å². The summed E-state index contributed by atoms with van der Waals surface area (Å²) in [6.45, 7) is 8.01. The van der Waals surface area contributed by atoms with Crippen molar-refractivity contribution in [2.75, 3.05) is 44.7 Å². The largest absolute Gasteiger partial charge is 0.497 e. The van der Waals surface area contributed by atoms with Gasteiger partial charge in [-0.3, -0.25) is 0 Å². The number of nitrogens with one attached hydrogen (secondary N) is 1. The molecule has 0 aromatic heterocycles. The summed E-state index contributed by atoms with van der Waals surface area (Å²) in [5, 5.41) is 0. The van der Waals surface area contributed by atoms with Gasteiger partial charge in [-0.15, -0.1) is 0 Å². The SMILES string of the molecule is COc1ccc(N2CC[NH+]([C@@H](C)C[NH3+])CC2)cc1. The van der Waals surface area contributed by atoms with E-state index in [0.717, 1.165) is 25.4 Å². The number of quaternary nitrogens is 2. The van der Waals surface area contributed by atoms with E-state index in [4.69, 9.17) is 4.74 Å². The Morgan fingerprint density at radius 1 is 1.28 bits per heavy atom. The van der Waals surface area contributed by atoms with Crippen molar-refractivity contribution < 1.29 is 15.4 Å². The van der Waals surface area contributed by atoms with Crippen LogP contribution in [0.4, 0.5) is 5.69 Å². The lowest BCUT2D eigenvalue weighted by Gasteiger charge is -2.35. The highest BCUT2D eigenvalue weighted by molar-refractivity contribution is 5.49. The zero-order valence-electron chi connectivity index (χ0n) is 11.5. The first kappa shape index (κ1) is 13.2. The third kappa shape index (κ3) is 2.94. The lowest BCUT2D eigenvalue weighted by molar-refractivity contribution is -0.929. The van der Waals surface area contributed by atoms with Gasteiger partial charge in [0.15, 0.2) is 0 Å². The van der Waals surface area contributed by atoms with Gasteiger partial charge in [-0.2, -0.15) is 0 Å². The maximum atomic E-state index is 5.19. The molecule has 4 N–H and O–H groups in total. The third-order valence-corrected chi connectivity index (χ3v) is 3.97. The monoisotopic (exact) mass is 251 g/mol. The van der Waals surface area contributed by atoms with E-state index >= 15 is 0 Å². The fourth-order valence-electron chi connectivity index (χ4n) is 2.54. The number of hydrogen-bond acceptors (Lipinski definition) is 2. The number of methoxy groups -OCH3 is 1. The topological polar surface area (TPSA) is 44.5 Å². The zero-order chi connectivity index (χ0) is 13.0. The van der Waals surface area contributed by atoms with Crippen molar-refractivity contribution in [3.8, 4) is 5.75 Å². The highest BCUT2D eigenvalue weighted by Crippen LogP contribution is 2.18. The van der Waals surface area contributed by atoms with Crippen molar-refractivity contribution in [1.29, 1.82) is 0 Å². The number of anilines is 1. The van der Waals surface area contributed by atoms with Gasteiger partial charge in [0.25, 0.3) is 0 Å². The second-order valence-corrected chi connectivity index (χ2v) is 5.03. The van der Waals surface area contributed by atoms with Crippen LogP contribution in [0.1, 0.15) is 6.92 Å². The molecule has 1 fully saturated rings. The van der Waals surface area contributed by atoms with E-state index < -0.39 is 0 Å². The molecule has 1 aromatic carbocycles. The van der Waals surface area contributed by atoms with Crippen molar-refractivity contribution >= 4 is 5.69 Å². The van der Waals surface area contributed by atoms with Crippen LogP contribution in [-0.2, 0) is 0 Å². The van der Waals surface area contributed by atoms with Crippen LogP contribution >= 0.6 is 0 Å². The maximum Gasteiger partial charge on any atom is 0.134 e. The van der Waals surface area contributed by atoms with Crippen LogP contribution in [0.25, 0.3) is 0 Å². The molecule has 18 heavy (non-hydrogen) atoms. The van der Waals surface area contributed by atoms with Crippen LogP contribution in [0, 0.1) is 0 Å². The van der Waals surface area contributed by atoms with Crippen LogP contribution in [-0.4, -0.2) is 45.9 Å². The number of piperazine rings is 1. The summed E-state index contributed by atoms with van der Waals surface area (Å²) in [5.41, 5.74) is 5.31. The molecular weight excluding hydrogens is 226 g/mol. The summed E-state index contributed by atoms with van der Waals surface area (Å²) in [7, 11) is 1.71. The molecule has 1 heterocycles. The van der Waals surface area contributed by atoms with Gasteiger partial charge in [-0.05, 0) is 31.2 Å². The molecule has 0 amide bonds. The second kappa shape index (κ2) is 6.07. The molecule has 100 valence electrons. The molecule has 0 aliphatic carbocycles. The zero-order valence-corrected chi connectivity index (χ0v) is 11.5. The minimum absolute atomic E-state index is 0.683. The summed E-state index contributed by atoms with van der Waals surface area (Å²) in [6.07, 6.45) is 0. The average molecular weight is 251 g/mol. The molecule has 4 nitrogen and oxygen atoms in total. The van der Waals surface area contributed by atoms with Crippen molar-refractivity contribution in [2.45, 2.75) is 13.0 Å². The van der Waals surface area contributed by atoms with Crippen molar-refractivity contribution in [1.82, 2.24) is 0 Å². The van der Waals surface area contributed by atoms with Gasteiger partial charge in [0.1, 0.15) is 18.3 Å². The predicted octanol–water partition coefficient (Wildman–Crippen LogP) is -0.969. The molecule has 2 rings (SSSR count). The Morgan fingerprint density at radius 3 is 2.39 bits per heavy atom. The Morgan fingerprint density at radius 2 is 1.89 bits per heavy atom. The van der Waals surface area contributed by atoms with E-state index in [2.05, 4.69) is 29.7 Å². The molecule has 0 bridgehead atoms. The quantitative estimate of drug-likeness (QED) is 0.723. The Kier molecular flexibility index (Phi) is 4.44. The van der Waals surface area contributed by atoms with Gasteiger partial charge < -0.3 is 20.3 Å². The van der Waals surface area contributed by atoms with E-state index in [1.165, 1.54) is 18.8 Å². The summed E-state index contributed by atoms with van der Waals surface area (Å²) in [4.78, 5) is 4.15. The van der Waals surface area contributed by atoms with E-state index in [-0.39, 0.29) is 0 Å². The van der Waals surface area contributed by atoms with E-state index in [9.17, 15) is 0 Å². The summed E-state index contributed by atoms with van der Waals surface area (Å²) in [6, 6.07) is 9.05. The molecule has 1 aliphatic rings. The molecule has 0 unspecified atom stereocenters. The first-order chi connectivity index (χ1) is 8.74. The number of ether oxygens (including phenoxy) is 1. The first-order valence-electron chi connectivity index (χ1n) is 6.77. The van der Waals surface area contributed by atoms with Crippen LogP contribution in [0.2, 0.25) is 0 Å². The first-order valence-corrected chi connectivity index (χ1v) is 6.77. The Balaban J connectivity index is 1.92. The highest BCUT2D eigenvalue weighted by atomic mass is 16.5. The van der Waals surface area contributed by atoms with Gasteiger partial charge in [0, 0.05) is 5.69 Å². The third-order valence-electron chi connectivity index (χ3n) is 3.97. The number of benzene rings is 1. The molecule has 1 aromatic rings. The van der Waals surface area contributed by atoms with E-state index in [1.54, 1.807) is 12.0 Å². The molecular formula is C14H25N3O+2. The van der Waals surface area contributed by atoms with Crippen molar-refractivity contribution in [3.63, 3.8) is 0 Å². The van der Waals surface area contributed by atoms with E-state index in [0.29, 0.717) is 6.04 Å². The molecule has 1 aliphatic heterocycles. The normalized spacial score (nSPS) is 18.7. The fourth-order valence-corrected chi connectivity index (χ4v) is 2.54. The standard InChI is InChI=1S/C14H23N3O/c1-12(11-15)16-7-9-17(10-8-16)13-3-5-14(18-2)6-4-13/h3-6,12H,7-11,15H2,1-2H3/p+2/t12-/m0/s1. The number of hydrogen-bond donors (Lipinski definition) is 2. The van der Waals surface area contributed by atoms with Crippen molar-refractivity contribution in [3.05, 3.63) is 24.3 Å². The predicted molar refractivity (Wildman–Crippen MR) is 73.1 cm³/mol. The second-order valence-electron chi connectivity index (χ2n) is 5.03. The molecule has 4 heteroatoms. The summed E-state index contributed by atoms with van der Waals surface area (Å²) >= 11 is 0. The van der Waals surface area contributed by atoms with Crippen LogP contribution < -0.4 is 20.3 Å². The van der Waals surface area contributed by atoms with Crippen LogP contribution in [0.3, 0.4) is 0 Å². The molecule has 0 spiro atoms. The van der Waals surface area contributed by atoms with E-state index in [1.807, 2.05) is 12.1 Å².